The van der Waals surface area contributed by atoms with Crippen molar-refractivity contribution in [3.05, 3.63) is 36.8 Å². The zero-order valence-corrected chi connectivity index (χ0v) is 9.21. The average molecular weight is 216 g/mol. The number of hydrogen-bond donors (Lipinski definition) is 1. The fraction of sp³-hybridized carbons (Fsp3) is 0.333. The van der Waals surface area contributed by atoms with E-state index in [1.807, 2.05) is 30.6 Å². The number of rotatable bonds is 5. The monoisotopic (exact) mass is 216 g/mol. The molecule has 0 aliphatic rings. The Labute approximate surface area is 95.1 Å². The highest BCUT2D eigenvalue weighted by molar-refractivity contribution is 5.48. The molecule has 0 saturated heterocycles. The minimum absolute atomic E-state index is 0.744. The van der Waals surface area contributed by atoms with Crippen LogP contribution in [0.15, 0.2) is 36.8 Å². The van der Waals surface area contributed by atoms with Crippen LogP contribution < -0.4 is 5.73 Å². The summed E-state index contributed by atoms with van der Waals surface area (Å²) in [7, 11) is 0. The van der Waals surface area contributed by atoms with Crippen LogP contribution >= 0.6 is 0 Å². The van der Waals surface area contributed by atoms with Crippen LogP contribution in [0.4, 0.5) is 0 Å². The van der Waals surface area contributed by atoms with Crippen LogP contribution in [0, 0.1) is 0 Å². The maximum Gasteiger partial charge on any atom is 0.158 e. The first kappa shape index (κ1) is 10.8. The second kappa shape index (κ2) is 5.42. The molecule has 2 rings (SSSR count). The van der Waals surface area contributed by atoms with Gasteiger partial charge < -0.3 is 10.3 Å². The highest BCUT2D eigenvalue weighted by atomic mass is 15.1. The van der Waals surface area contributed by atoms with E-state index in [0.717, 1.165) is 37.4 Å². The van der Waals surface area contributed by atoms with Gasteiger partial charge in [-0.3, -0.25) is 4.98 Å². The molecule has 84 valence electrons. The third kappa shape index (κ3) is 2.46. The number of hydrogen-bond acceptors (Lipinski definition) is 3. The van der Waals surface area contributed by atoms with Gasteiger partial charge in [-0.15, -0.1) is 0 Å². The highest BCUT2D eigenvalue weighted by Gasteiger charge is 2.05. The van der Waals surface area contributed by atoms with Crippen molar-refractivity contribution in [1.29, 1.82) is 0 Å². The van der Waals surface area contributed by atoms with Gasteiger partial charge in [-0.05, 0) is 31.5 Å². The lowest BCUT2D eigenvalue weighted by atomic mass is 10.3. The maximum absolute atomic E-state index is 5.48. The minimum Gasteiger partial charge on any atom is -0.330 e. The second-order valence-corrected chi connectivity index (χ2v) is 3.66. The predicted octanol–water partition coefficient (Wildman–Crippen LogP) is 1.68. The predicted molar refractivity (Wildman–Crippen MR) is 63.7 cm³/mol. The Bertz CT molecular complexity index is 422. The lowest BCUT2D eigenvalue weighted by Gasteiger charge is -2.06. The number of pyridine rings is 1. The summed E-state index contributed by atoms with van der Waals surface area (Å²) in [4.78, 5) is 8.64. The molecular formula is C12H16N4. The standard InChI is InChI=1S/C12H16N4/c13-6-2-4-9-16-10-8-15-12(16)11-5-1-3-7-14-11/h1,3,5,7-8,10H,2,4,6,9,13H2. The van der Waals surface area contributed by atoms with E-state index in [1.54, 1.807) is 6.20 Å². The van der Waals surface area contributed by atoms with Crippen LogP contribution in [0.3, 0.4) is 0 Å². The van der Waals surface area contributed by atoms with Gasteiger partial charge in [0.25, 0.3) is 0 Å². The third-order valence-electron chi connectivity index (χ3n) is 2.46. The van der Waals surface area contributed by atoms with Crippen LogP contribution in [0.5, 0.6) is 0 Å². The Morgan fingerprint density at radius 1 is 1.12 bits per heavy atom. The van der Waals surface area contributed by atoms with Crippen LogP contribution in [-0.4, -0.2) is 21.1 Å². The molecule has 0 radical (unpaired) electrons. The van der Waals surface area contributed by atoms with E-state index in [-0.39, 0.29) is 0 Å². The Hall–Kier alpha value is -1.68. The van der Waals surface area contributed by atoms with E-state index in [9.17, 15) is 0 Å². The lowest BCUT2D eigenvalue weighted by molar-refractivity contribution is 0.618. The third-order valence-corrected chi connectivity index (χ3v) is 2.46. The molecule has 0 atom stereocenters. The van der Waals surface area contributed by atoms with Crippen molar-refractivity contribution in [2.24, 2.45) is 5.73 Å². The SMILES string of the molecule is NCCCCn1ccnc1-c1ccccn1. The van der Waals surface area contributed by atoms with Crippen LogP contribution in [0.2, 0.25) is 0 Å². The molecule has 0 aliphatic heterocycles. The molecule has 2 aromatic rings. The summed E-state index contributed by atoms with van der Waals surface area (Å²) in [6, 6.07) is 5.86. The van der Waals surface area contributed by atoms with Crippen molar-refractivity contribution in [1.82, 2.24) is 14.5 Å². The summed E-state index contributed by atoms with van der Waals surface area (Å²) in [5, 5.41) is 0. The van der Waals surface area contributed by atoms with Gasteiger partial charge in [0.05, 0.1) is 0 Å². The molecule has 0 saturated carbocycles. The zero-order chi connectivity index (χ0) is 11.2. The normalized spacial score (nSPS) is 10.6. The molecule has 0 amide bonds. The number of unbranched alkanes of at least 4 members (excludes halogenated alkanes) is 1. The second-order valence-electron chi connectivity index (χ2n) is 3.66. The van der Waals surface area contributed by atoms with Crippen molar-refractivity contribution < 1.29 is 0 Å². The zero-order valence-electron chi connectivity index (χ0n) is 9.21. The van der Waals surface area contributed by atoms with Gasteiger partial charge in [0.1, 0.15) is 5.69 Å². The molecule has 2 aromatic heterocycles. The average Bonchev–Trinajstić information content (AvgIpc) is 2.79. The molecule has 0 fully saturated rings. The molecular weight excluding hydrogens is 200 g/mol. The molecule has 4 nitrogen and oxygen atoms in total. The number of imidazole rings is 1. The van der Waals surface area contributed by atoms with E-state index in [0.29, 0.717) is 0 Å². The first-order valence-electron chi connectivity index (χ1n) is 5.54. The molecule has 0 spiro atoms. The molecule has 2 N–H and O–H groups in total. The Kier molecular flexibility index (Phi) is 3.66. The Morgan fingerprint density at radius 2 is 2.06 bits per heavy atom. The maximum atomic E-state index is 5.48. The Balaban J connectivity index is 2.13. The fourth-order valence-electron chi connectivity index (χ4n) is 1.64. The van der Waals surface area contributed by atoms with E-state index < -0.39 is 0 Å². The topological polar surface area (TPSA) is 56.7 Å². The van der Waals surface area contributed by atoms with Crippen LogP contribution in [0.25, 0.3) is 11.5 Å². The van der Waals surface area contributed by atoms with Crippen molar-refractivity contribution in [2.75, 3.05) is 6.54 Å². The smallest absolute Gasteiger partial charge is 0.158 e. The number of nitrogens with zero attached hydrogens (tertiary/aromatic N) is 3. The summed E-state index contributed by atoms with van der Waals surface area (Å²) < 4.78 is 2.12. The van der Waals surface area contributed by atoms with Crippen molar-refractivity contribution >= 4 is 0 Å². The van der Waals surface area contributed by atoms with Gasteiger partial charge in [-0.2, -0.15) is 0 Å². The molecule has 0 unspecified atom stereocenters. The first-order chi connectivity index (χ1) is 7.92. The van der Waals surface area contributed by atoms with Gasteiger partial charge in [-0.1, -0.05) is 6.07 Å². The van der Waals surface area contributed by atoms with Gasteiger partial charge in [0.2, 0.25) is 0 Å². The molecule has 16 heavy (non-hydrogen) atoms. The van der Waals surface area contributed by atoms with Gasteiger partial charge >= 0.3 is 0 Å². The summed E-state index contributed by atoms with van der Waals surface area (Å²) in [5.74, 6) is 0.928. The van der Waals surface area contributed by atoms with E-state index >= 15 is 0 Å². The van der Waals surface area contributed by atoms with Gasteiger partial charge in [-0.25, -0.2) is 4.98 Å². The molecule has 0 aromatic carbocycles. The van der Waals surface area contributed by atoms with Gasteiger partial charge in [0.15, 0.2) is 5.82 Å². The molecule has 0 aliphatic carbocycles. The van der Waals surface area contributed by atoms with Gasteiger partial charge in [0, 0.05) is 25.1 Å². The largest absolute Gasteiger partial charge is 0.330 e. The van der Waals surface area contributed by atoms with Crippen molar-refractivity contribution in [2.45, 2.75) is 19.4 Å². The van der Waals surface area contributed by atoms with E-state index in [4.69, 9.17) is 5.73 Å². The highest BCUT2D eigenvalue weighted by Crippen LogP contribution is 2.14. The summed E-state index contributed by atoms with van der Waals surface area (Å²) in [6.45, 7) is 1.69. The fourth-order valence-corrected chi connectivity index (χ4v) is 1.64. The molecule has 2 heterocycles. The van der Waals surface area contributed by atoms with E-state index in [1.165, 1.54) is 0 Å². The number of aryl methyl sites for hydroxylation is 1. The quantitative estimate of drug-likeness (QED) is 0.774. The van der Waals surface area contributed by atoms with E-state index in [2.05, 4.69) is 14.5 Å². The lowest BCUT2D eigenvalue weighted by Crippen LogP contribution is -2.04. The van der Waals surface area contributed by atoms with Crippen LogP contribution in [0.1, 0.15) is 12.8 Å². The van der Waals surface area contributed by atoms with Crippen molar-refractivity contribution in [3.63, 3.8) is 0 Å². The summed E-state index contributed by atoms with van der Waals surface area (Å²) in [5.41, 5.74) is 6.40. The Morgan fingerprint density at radius 3 is 2.81 bits per heavy atom. The summed E-state index contributed by atoms with van der Waals surface area (Å²) in [6.07, 6.45) is 7.70. The first-order valence-corrected chi connectivity index (χ1v) is 5.54. The number of nitrogens with two attached hydrogens (primary N) is 1. The minimum atomic E-state index is 0.744. The van der Waals surface area contributed by atoms with Crippen molar-refractivity contribution in [3.8, 4) is 11.5 Å². The molecule has 4 heteroatoms. The van der Waals surface area contributed by atoms with Crippen LogP contribution in [-0.2, 0) is 6.54 Å². The number of aromatic nitrogens is 3. The summed E-state index contributed by atoms with van der Waals surface area (Å²) >= 11 is 0. The molecule has 0 bridgehead atoms.